The van der Waals surface area contributed by atoms with E-state index in [2.05, 4.69) is 22.0 Å². The highest BCUT2D eigenvalue weighted by molar-refractivity contribution is 7.99. The molecule has 0 spiro atoms. The van der Waals surface area contributed by atoms with Crippen LogP contribution in [0.15, 0.2) is 16.4 Å². The van der Waals surface area contributed by atoms with Crippen molar-refractivity contribution < 1.29 is 0 Å². The van der Waals surface area contributed by atoms with Crippen molar-refractivity contribution >= 4 is 29.2 Å². The van der Waals surface area contributed by atoms with Crippen molar-refractivity contribution in [3.05, 3.63) is 11.9 Å². The van der Waals surface area contributed by atoms with E-state index >= 15 is 0 Å². The standard InChI is InChI=1S/C9H12N4S2/c1-4-6-5-10-7-8(14-2)11-9(15-3)12-13(6)7/h5H,4H2,1-3H3. The van der Waals surface area contributed by atoms with Gasteiger partial charge in [-0.15, -0.1) is 16.9 Å². The lowest BCUT2D eigenvalue weighted by Crippen LogP contribution is -2.02. The monoisotopic (exact) mass is 240 g/mol. The van der Waals surface area contributed by atoms with Crippen LogP contribution in [0.1, 0.15) is 12.6 Å². The zero-order valence-corrected chi connectivity index (χ0v) is 10.5. The van der Waals surface area contributed by atoms with Gasteiger partial charge in [0, 0.05) is 0 Å². The number of imidazole rings is 1. The van der Waals surface area contributed by atoms with Crippen LogP contribution in [-0.2, 0) is 6.42 Å². The maximum absolute atomic E-state index is 4.43. The minimum Gasteiger partial charge on any atom is -0.233 e. The molecule has 0 radical (unpaired) electrons. The Bertz CT molecular complexity index is 480. The highest BCUT2D eigenvalue weighted by Crippen LogP contribution is 2.21. The summed E-state index contributed by atoms with van der Waals surface area (Å²) in [7, 11) is 0. The first-order valence-electron chi connectivity index (χ1n) is 4.62. The van der Waals surface area contributed by atoms with Crippen molar-refractivity contribution in [2.45, 2.75) is 23.5 Å². The molecule has 0 aliphatic carbocycles. The van der Waals surface area contributed by atoms with Crippen molar-refractivity contribution in [2.24, 2.45) is 0 Å². The number of hydrogen-bond donors (Lipinski definition) is 0. The first kappa shape index (κ1) is 10.8. The predicted molar refractivity (Wildman–Crippen MR) is 63.7 cm³/mol. The molecule has 2 heterocycles. The van der Waals surface area contributed by atoms with Gasteiger partial charge in [-0.05, 0) is 18.9 Å². The van der Waals surface area contributed by atoms with E-state index in [1.807, 2.05) is 23.2 Å². The molecule has 15 heavy (non-hydrogen) atoms. The van der Waals surface area contributed by atoms with E-state index in [4.69, 9.17) is 0 Å². The molecule has 2 aromatic rings. The maximum atomic E-state index is 4.43. The Morgan fingerprint density at radius 1 is 1.33 bits per heavy atom. The van der Waals surface area contributed by atoms with Crippen molar-refractivity contribution in [3.63, 3.8) is 0 Å². The van der Waals surface area contributed by atoms with Gasteiger partial charge in [-0.1, -0.05) is 18.7 Å². The predicted octanol–water partition coefficient (Wildman–Crippen LogP) is 2.13. The van der Waals surface area contributed by atoms with E-state index in [0.717, 1.165) is 27.9 Å². The average molecular weight is 240 g/mol. The summed E-state index contributed by atoms with van der Waals surface area (Å²) in [6.45, 7) is 2.10. The van der Waals surface area contributed by atoms with Crippen LogP contribution >= 0.6 is 23.5 Å². The molecule has 0 aromatic carbocycles. The highest BCUT2D eigenvalue weighted by Gasteiger charge is 2.10. The number of hydrogen-bond acceptors (Lipinski definition) is 5. The van der Waals surface area contributed by atoms with Crippen LogP contribution in [0, 0.1) is 0 Å². The number of thioether (sulfide) groups is 2. The fraction of sp³-hybridized carbons (Fsp3) is 0.444. The molecule has 0 aliphatic heterocycles. The van der Waals surface area contributed by atoms with E-state index in [0.29, 0.717) is 0 Å². The summed E-state index contributed by atoms with van der Waals surface area (Å²) < 4.78 is 1.89. The minimum absolute atomic E-state index is 0.791. The van der Waals surface area contributed by atoms with Gasteiger partial charge in [0.2, 0.25) is 5.16 Å². The summed E-state index contributed by atoms with van der Waals surface area (Å²) in [6.07, 6.45) is 6.79. The molecule has 0 unspecified atom stereocenters. The molecule has 6 heteroatoms. The summed E-state index contributed by atoms with van der Waals surface area (Å²) in [5, 5.41) is 6.16. The second kappa shape index (κ2) is 4.40. The van der Waals surface area contributed by atoms with Crippen molar-refractivity contribution in [1.82, 2.24) is 19.6 Å². The summed E-state index contributed by atoms with van der Waals surface area (Å²) in [4.78, 5) is 8.76. The van der Waals surface area contributed by atoms with E-state index in [1.165, 1.54) is 0 Å². The van der Waals surface area contributed by atoms with Crippen molar-refractivity contribution in [1.29, 1.82) is 0 Å². The summed E-state index contributed by atoms with van der Waals surface area (Å²) in [6, 6.07) is 0. The molecule has 2 aromatic heterocycles. The Labute approximate surface area is 96.9 Å². The number of aryl methyl sites for hydroxylation is 1. The molecule has 2 rings (SSSR count). The molecule has 0 aliphatic rings. The molecule has 80 valence electrons. The van der Waals surface area contributed by atoms with Crippen LogP contribution < -0.4 is 0 Å². The lowest BCUT2D eigenvalue weighted by Gasteiger charge is -2.03. The van der Waals surface area contributed by atoms with Crippen LogP contribution in [0.5, 0.6) is 0 Å². The molecule has 0 amide bonds. The maximum Gasteiger partial charge on any atom is 0.208 e. The summed E-state index contributed by atoms with van der Waals surface area (Å²) in [5.74, 6) is 0. The number of aromatic nitrogens is 4. The lowest BCUT2D eigenvalue weighted by atomic mass is 10.4. The van der Waals surface area contributed by atoms with E-state index < -0.39 is 0 Å². The van der Waals surface area contributed by atoms with Gasteiger partial charge < -0.3 is 0 Å². The number of rotatable bonds is 3. The van der Waals surface area contributed by atoms with Crippen LogP contribution in [-0.4, -0.2) is 32.1 Å². The molecular weight excluding hydrogens is 228 g/mol. The topological polar surface area (TPSA) is 43.1 Å². The number of nitrogens with zero attached hydrogens (tertiary/aromatic N) is 4. The largest absolute Gasteiger partial charge is 0.233 e. The van der Waals surface area contributed by atoms with Gasteiger partial charge in [0.1, 0.15) is 5.03 Å². The van der Waals surface area contributed by atoms with Crippen molar-refractivity contribution in [3.8, 4) is 0 Å². The molecule has 0 bridgehead atoms. The van der Waals surface area contributed by atoms with E-state index in [9.17, 15) is 0 Å². The molecule has 0 saturated carbocycles. The molecular formula is C9H12N4S2. The normalized spacial score (nSPS) is 11.1. The third-order valence-electron chi connectivity index (χ3n) is 2.12. The molecule has 0 N–H and O–H groups in total. The Morgan fingerprint density at radius 2 is 2.13 bits per heavy atom. The third kappa shape index (κ3) is 1.83. The van der Waals surface area contributed by atoms with Gasteiger partial charge in [-0.3, -0.25) is 0 Å². The lowest BCUT2D eigenvalue weighted by molar-refractivity contribution is 0.730. The van der Waals surface area contributed by atoms with Crippen LogP contribution in [0.3, 0.4) is 0 Å². The Morgan fingerprint density at radius 3 is 2.73 bits per heavy atom. The Balaban J connectivity index is 2.71. The molecule has 0 saturated heterocycles. The third-order valence-corrected chi connectivity index (χ3v) is 3.32. The molecule has 4 nitrogen and oxygen atoms in total. The van der Waals surface area contributed by atoms with Crippen molar-refractivity contribution in [2.75, 3.05) is 12.5 Å². The first-order valence-corrected chi connectivity index (χ1v) is 7.07. The zero-order valence-electron chi connectivity index (χ0n) is 8.89. The van der Waals surface area contributed by atoms with Gasteiger partial charge >= 0.3 is 0 Å². The minimum atomic E-state index is 0.791. The fourth-order valence-corrected chi connectivity index (χ4v) is 2.25. The first-order chi connectivity index (χ1) is 7.30. The van der Waals surface area contributed by atoms with Gasteiger partial charge in [0.05, 0.1) is 11.9 Å². The van der Waals surface area contributed by atoms with Gasteiger partial charge in [-0.2, -0.15) is 0 Å². The van der Waals surface area contributed by atoms with Gasteiger partial charge in [0.25, 0.3) is 0 Å². The van der Waals surface area contributed by atoms with Gasteiger partial charge in [0.15, 0.2) is 5.65 Å². The Hall–Kier alpha value is -0.750. The smallest absolute Gasteiger partial charge is 0.208 e. The quantitative estimate of drug-likeness (QED) is 0.769. The summed E-state index contributed by atoms with van der Waals surface area (Å²) in [5.41, 5.74) is 1.98. The van der Waals surface area contributed by atoms with E-state index in [-0.39, 0.29) is 0 Å². The average Bonchev–Trinajstić information content (AvgIpc) is 2.70. The van der Waals surface area contributed by atoms with E-state index in [1.54, 1.807) is 23.5 Å². The van der Waals surface area contributed by atoms with Gasteiger partial charge in [-0.25, -0.2) is 14.5 Å². The second-order valence-electron chi connectivity index (χ2n) is 2.95. The fourth-order valence-electron chi connectivity index (χ4n) is 1.35. The highest BCUT2D eigenvalue weighted by atomic mass is 32.2. The van der Waals surface area contributed by atoms with Crippen LogP contribution in [0.4, 0.5) is 0 Å². The second-order valence-corrected chi connectivity index (χ2v) is 4.51. The summed E-state index contributed by atoms with van der Waals surface area (Å²) >= 11 is 3.16. The van der Waals surface area contributed by atoms with Crippen LogP contribution in [0.2, 0.25) is 0 Å². The van der Waals surface area contributed by atoms with Crippen LogP contribution in [0.25, 0.3) is 5.65 Å². The SMILES string of the molecule is CCc1cnc2c(SC)nc(SC)nn12. The zero-order chi connectivity index (χ0) is 10.8. The number of fused-ring (bicyclic) bond motifs is 1. The molecule has 0 fully saturated rings. The molecule has 0 atom stereocenters. The Kier molecular flexibility index (Phi) is 3.16.